The van der Waals surface area contributed by atoms with Crippen LogP contribution in [0, 0.1) is 0 Å². The third kappa shape index (κ3) is 2.30. The molecule has 5 heteroatoms. The molecule has 3 aromatic rings. The van der Waals surface area contributed by atoms with E-state index in [0.717, 1.165) is 21.3 Å². The van der Waals surface area contributed by atoms with Crippen molar-refractivity contribution in [1.29, 1.82) is 0 Å². The van der Waals surface area contributed by atoms with E-state index in [0.29, 0.717) is 5.19 Å². The lowest BCUT2D eigenvalue weighted by atomic mass is 10.2. The Labute approximate surface area is 110 Å². The van der Waals surface area contributed by atoms with E-state index in [9.17, 15) is 0 Å². The van der Waals surface area contributed by atoms with Crippen LogP contribution in [0.25, 0.3) is 10.9 Å². The molecule has 0 amide bonds. The largest absolute Gasteiger partial charge is 0.431 e. The Morgan fingerprint density at radius 1 is 1.24 bits per heavy atom. The second-order valence-corrected chi connectivity index (χ2v) is 5.03. The van der Waals surface area contributed by atoms with Crippen molar-refractivity contribution in [1.82, 2.24) is 9.97 Å². The number of benzene rings is 1. The Hall–Kier alpha value is -1.46. The van der Waals surface area contributed by atoms with Gasteiger partial charge in [-0.25, -0.2) is 0 Å². The van der Waals surface area contributed by atoms with Crippen LogP contribution in [-0.2, 0) is 0 Å². The minimum atomic E-state index is 0.618. The van der Waals surface area contributed by atoms with Crippen LogP contribution in [0.2, 0.25) is 0 Å². The van der Waals surface area contributed by atoms with Crippen molar-refractivity contribution in [3.63, 3.8) is 0 Å². The summed E-state index contributed by atoms with van der Waals surface area (Å²) in [6, 6.07) is 9.75. The van der Waals surface area contributed by atoms with Gasteiger partial charge in [0.15, 0.2) is 0 Å². The van der Waals surface area contributed by atoms with Crippen LogP contribution in [-0.4, -0.2) is 9.97 Å². The van der Waals surface area contributed by atoms with Gasteiger partial charge in [-0.1, -0.05) is 17.4 Å². The molecule has 3 rings (SSSR count). The molecular formula is C12H7BrN2OS. The number of pyridine rings is 1. The summed E-state index contributed by atoms with van der Waals surface area (Å²) in [6.07, 6.45) is 1.77. The summed E-state index contributed by atoms with van der Waals surface area (Å²) in [6.45, 7) is 0. The van der Waals surface area contributed by atoms with Crippen molar-refractivity contribution in [2.45, 2.75) is 0 Å². The molecule has 84 valence electrons. The molecule has 17 heavy (non-hydrogen) atoms. The molecule has 0 aliphatic carbocycles. The standard InChI is InChI=1S/C12H7BrN2OS/c13-11-7-17-12(15-11)16-9-4-3-8-2-1-5-14-10(8)6-9/h1-7H. The lowest BCUT2D eigenvalue weighted by Crippen LogP contribution is -1.84. The van der Waals surface area contributed by atoms with Gasteiger partial charge < -0.3 is 4.74 Å². The predicted octanol–water partition coefficient (Wildman–Crippen LogP) is 4.25. The van der Waals surface area contributed by atoms with Crippen molar-refractivity contribution >= 4 is 38.2 Å². The topological polar surface area (TPSA) is 35.0 Å². The van der Waals surface area contributed by atoms with Gasteiger partial charge in [0.2, 0.25) is 0 Å². The fourth-order valence-corrected chi connectivity index (χ4v) is 2.60. The second kappa shape index (κ2) is 4.43. The fraction of sp³-hybridized carbons (Fsp3) is 0. The molecule has 0 saturated carbocycles. The number of hydrogen-bond donors (Lipinski definition) is 0. The number of nitrogens with zero attached hydrogens (tertiary/aromatic N) is 2. The summed E-state index contributed by atoms with van der Waals surface area (Å²) in [5.74, 6) is 0.748. The maximum atomic E-state index is 5.64. The summed E-state index contributed by atoms with van der Waals surface area (Å²) in [5, 5.41) is 3.60. The summed E-state index contributed by atoms with van der Waals surface area (Å²) in [5.41, 5.74) is 0.917. The van der Waals surface area contributed by atoms with E-state index in [1.165, 1.54) is 11.3 Å². The molecule has 0 radical (unpaired) electrons. The maximum Gasteiger partial charge on any atom is 0.279 e. The van der Waals surface area contributed by atoms with Gasteiger partial charge in [-0.05, 0) is 34.1 Å². The van der Waals surface area contributed by atoms with Crippen LogP contribution < -0.4 is 4.74 Å². The van der Waals surface area contributed by atoms with Gasteiger partial charge >= 0.3 is 0 Å². The van der Waals surface area contributed by atoms with Crippen molar-refractivity contribution in [2.75, 3.05) is 0 Å². The highest BCUT2D eigenvalue weighted by atomic mass is 79.9. The molecule has 0 unspecified atom stereocenters. The number of aromatic nitrogens is 2. The van der Waals surface area contributed by atoms with Crippen LogP contribution in [0.15, 0.2) is 46.5 Å². The van der Waals surface area contributed by atoms with Gasteiger partial charge in [-0.2, -0.15) is 4.98 Å². The van der Waals surface area contributed by atoms with Crippen LogP contribution in [0.4, 0.5) is 0 Å². The molecular weight excluding hydrogens is 300 g/mol. The van der Waals surface area contributed by atoms with Gasteiger partial charge in [0.25, 0.3) is 5.19 Å². The molecule has 0 N–H and O–H groups in total. The number of ether oxygens (including phenoxy) is 1. The van der Waals surface area contributed by atoms with Gasteiger partial charge in [0.05, 0.1) is 5.52 Å². The average molecular weight is 307 g/mol. The molecule has 0 atom stereocenters. The van der Waals surface area contributed by atoms with Crippen molar-refractivity contribution < 1.29 is 4.74 Å². The Morgan fingerprint density at radius 3 is 3.00 bits per heavy atom. The van der Waals surface area contributed by atoms with E-state index in [1.807, 2.05) is 35.7 Å². The smallest absolute Gasteiger partial charge is 0.279 e. The minimum Gasteiger partial charge on any atom is -0.431 e. The average Bonchev–Trinajstić information content (AvgIpc) is 2.75. The predicted molar refractivity (Wildman–Crippen MR) is 71.6 cm³/mol. The van der Waals surface area contributed by atoms with Crippen molar-refractivity contribution in [3.05, 3.63) is 46.5 Å². The summed E-state index contributed by atoms with van der Waals surface area (Å²) >= 11 is 4.74. The molecule has 1 aromatic carbocycles. The third-order valence-electron chi connectivity index (χ3n) is 2.24. The van der Waals surface area contributed by atoms with Crippen LogP contribution in [0.1, 0.15) is 0 Å². The first-order valence-electron chi connectivity index (χ1n) is 4.95. The quantitative estimate of drug-likeness (QED) is 0.710. The lowest BCUT2D eigenvalue weighted by molar-refractivity contribution is 0.478. The molecule has 0 saturated heterocycles. The Bertz CT molecular complexity index is 668. The zero-order chi connectivity index (χ0) is 11.7. The highest BCUT2D eigenvalue weighted by molar-refractivity contribution is 9.10. The zero-order valence-electron chi connectivity index (χ0n) is 8.63. The first-order valence-corrected chi connectivity index (χ1v) is 6.62. The van der Waals surface area contributed by atoms with E-state index >= 15 is 0 Å². The molecule has 2 aromatic heterocycles. The first-order chi connectivity index (χ1) is 8.31. The zero-order valence-corrected chi connectivity index (χ0v) is 11.0. The van der Waals surface area contributed by atoms with Gasteiger partial charge in [-0.3, -0.25) is 4.98 Å². The highest BCUT2D eigenvalue weighted by Gasteiger charge is 2.03. The van der Waals surface area contributed by atoms with Crippen LogP contribution in [0.5, 0.6) is 10.9 Å². The number of rotatable bonds is 2. The normalized spacial score (nSPS) is 10.6. The van der Waals surface area contributed by atoms with E-state index in [4.69, 9.17) is 4.74 Å². The van der Waals surface area contributed by atoms with Crippen molar-refractivity contribution in [2.24, 2.45) is 0 Å². The van der Waals surface area contributed by atoms with Crippen LogP contribution in [0.3, 0.4) is 0 Å². The van der Waals surface area contributed by atoms with E-state index < -0.39 is 0 Å². The van der Waals surface area contributed by atoms with Gasteiger partial charge in [0.1, 0.15) is 10.4 Å². The van der Waals surface area contributed by atoms with E-state index in [2.05, 4.69) is 25.9 Å². The van der Waals surface area contributed by atoms with Crippen LogP contribution >= 0.6 is 27.3 Å². The number of fused-ring (bicyclic) bond motifs is 1. The second-order valence-electron chi connectivity index (χ2n) is 3.40. The summed E-state index contributed by atoms with van der Waals surface area (Å²) < 4.78 is 6.43. The van der Waals surface area contributed by atoms with E-state index in [1.54, 1.807) is 6.20 Å². The number of thiazole rings is 1. The van der Waals surface area contributed by atoms with Crippen molar-refractivity contribution in [3.8, 4) is 10.9 Å². The van der Waals surface area contributed by atoms with E-state index in [-0.39, 0.29) is 0 Å². The maximum absolute atomic E-state index is 5.64. The van der Waals surface area contributed by atoms with Gasteiger partial charge in [-0.15, -0.1) is 0 Å². The molecule has 0 bridgehead atoms. The Morgan fingerprint density at radius 2 is 2.18 bits per heavy atom. The summed E-state index contributed by atoms with van der Waals surface area (Å²) in [4.78, 5) is 8.46. The Kier molecular flexibility index (Phi) is 2.78. The molecule has 0 aliphatic rings. The monoisotopic (exact) mass is 306 g/mol. The summed E-state index contributed by atoms with van der Waals surface area (Å²) in [7, 11) is 0. The fourth-order valence-electron chi connectivity index (χ4n) is 1.50. The molecule has 0 aliphatic heterocycles. The number of hydrogen-bond acceptors (Lipinski definition) is 4. The molecule has 3 nitrogen and oxygen atoms in total. The Balaban J connectivity index is 1.95. The van der Waals surface area contributed by atoms with Gasteiger partial charge in [0, 0.05) is 23.0 Å². The highest BCUT2D eigenvalue weighted by Crippen LogP contribution is 2.28. The minimum absolute atomic E-state index is 0.618. The first kappa shape index (κ1) is 10.7. The lowest BCUT2D eigenvalue weighted by Gasteiger charge is -2.02. The molecule has 0 spiro atoms. The third-order valence-corrected chi connectivity index (χ3v) is 3.66. The number of halogens is 1. The molecule has 0 fully saturated rings. The molecule has 2 heterocycles. The SMILES string of the molecule is Brc1csc(Oc2ccc3cccnc3c2)n1.